The first-order valence-electron chi connectivity index (χ1n) is 10.4. The largest absolute Gasteiger partial charge is 0.354 e. The van der Waals surface area contributed by atoms with Gasteiger partial charge in [0.25, 0.3) is 0 Å². The molecule has 0 atom stereocenters. The molecule has 0 bridgehead atoms. The quantitative estimate of drug-likeness (QED) is 0.420. The number of hydrogen-bond donors (Lipinski definition) is 2. The third-order valence-electron chi connectivity index (χ3n) is 5.20. The Hall–Kier alpha value is -3.41. The maximum atomic E-state index is 4.78. The van der Waals surface area contributed by atoms with Crippen molar-refractivity contribution in [2.24, 2.45) is 5.92 Å². The van der Waals surface area contributed by atoms with Gasteiger partial charge in [-0.05, 0) is 61.6 Å². The standard InChI is InChI=1S/C24H28N6/c1-16(2)12-13-25-24-28-22(27-19-11-10-17(3)18(4)14-19)21-15-26-30(23(21)29-24)20-8-6-5-7-9-20/h5-11,14-16H,12-13H2,1-4H3,(H2,25,27,28,29). The van der Waals surface area contributed by atoms with Crippen molar-refractivity contribution in [1.29, 1.82) is 0 Å². The van der Waals surface area contributed by atoms with Gasteiger partial charge in [-0.3, -0.25) is 0 Å². The zero-order chi connectivity index (χ0) is 21.1. The molecule has 0 saturated carbocycles. The molecule has 0 aliphatic carbocycles. The summed E-state index contributed by atoms with van der Waals surface area (Å²) >= 11 is 0. The fourth-order valence-corrected chi connectivity index (χ4v) is 3.27. The van der Waals surface area contributed by atoms with Crippen LogP contribution in [0.1, 0.15) is 31.4 Å². The number of hydrogen-bond acceptors (Lipinski definition) is 5. The zero-order valence-electron chi connectivity index (χ0n) is 18.0. The molecule has 0 amide bonds. The SMILES string of the molecule is Cc1ccc(Nc2nc(NCCC(C)C)nc3c2cnn3-c2ccccc2)cc1C. The summed E-state index contributed by atoms with van der Waals surface area (Å²) in [7, 11) is 0. The maximum Gasteiger partial charge on any atom is 0.226 e. The highest BCUT2D eigenvalue weighted by Gasteiger charge is 2.14. The van der Waals surface area contributed by atoms with Crippen molar-refractivity contribution in [3.63, 3.8) is 0 Å². The second-order valence-corrected chi connectivity index (χ2v) is 8.06. The van der Waals surface area contributed by atoms with E-state index in [1.807, 2.05) is 41.2 Å². The average molecular weight is 401 g/mol. The van der Waals surface area contributed by atoms with Crippen LogP contribution in [-0.4, -0.2) is 26.3 Å². The van der Waals surface area contributed by atoms with Gasteiger partial charge in [0.15, 0.2) is 5.65 Å². The minimum absolute atomic E-state index is 0.604. The molecule has 4 aromatic rings. The number of benzene rings is 2. The first-order chi connectivity index (χ1) is 14.5. The molecule has 2 heterocycles. The predicted molar refractivity (Wildman–Crippen MR) is 124 cm³/mol. The predicted octanol–water partition coefficient (Wildman–Crippen LogP) is 5.63. The van der Waals surface area contributed by atoms with E-state index in [0.29, 0.717) is 11.9 Å². The van der Waals surface area contributed by atoms with E-state index in [1.54, 1.807) is 0 Å². The third kappa shape index (κ3) is 4.27. The van der Waals surface area contributed by atoms with Gasteiger partial charge in [0.2, 0.25) is 5.95 Å². The molecule has 0 unspecified atom stereocenters. The van der Waals surface area contributed by atoms with Gasteiger partial charge in [-0.15, -0.1) is 0 Å². The highest BCUT2D eigenvalue weighted by molar-refractivity contribution is 5.90. The number of aromatic nitrogens is 4. The summed E-state index contributed by atoms with van der Waals surface area (Å²) in [6.07, 6.45) is 2.88. The molecule has 2 aromatic heterocycles. The summed E-state index contributed by atoms with van der Waals surface area (Å²) < 4.78 is 1.86. The van der Waals surface area contributed by atoms with Gasteiger partial charge in [-0.2, -0.15) is 15.1 Å². The van der Waals surface area contributed by atoms with Crippen LogP contribution in [0, 0.1) is 19.8 Å². The first kappa shape index (κ1) is 19.9. The highest BCUT2D eigenvalue weighted by atomic mass is 15.3. The van der Waals surface area contributed by atoms with Crippen LogP contribution in [0.15, 0.2) is 54.7 Å². The Morgan fingerprint density at radius 2 is 1.77 bits per heavy atom. The van der Waals surface area contributed by atoms with Gasteiger partial charge >= 0.3 is 0 Å². The summed E-state index contributed by atoms with van der Waals surface area (Å²) in [5.41, 5.74) is 5.24. The van der Waals surface area contributed by atoms with Gasteiger partial charge < -0.3 is 10.6 Å². The lowest BCUT2D eigenvalue weighted by Crippen LogP contribution is -2.10. The Morgan fingerprint density at radius 1 is 0.967 bits per heavy atom. The van der Waals surface area contributed by atoms with E-state index in [-0.39, 0.29) is 0 Å². The molecule has 0 aliphatic heterocycles. The van der Waals surface area contributed by atoms with Crippen molar-refractivity contribution in [1.82, 2.24) is 19.7 Å². The Morgan fingerprint density at radius 3 is 2.50 bits per heavy atom. The molecule has 2 aromatic carbocycles. The summed E-state index contributed by atoms with van der Waals surface area (Å²) in [6.45, 7) is 9.47. The molecule has 2 N–H and O–H groups in total. The lowest BCUT2D eigenvalue weighted by molar-refractivity contribution is 0.606. The summed E-state index contributed by atoms with van der Waals surface area (Å²) in [5, 5.41) is 12.3. The zero-order valence-corrected chi connectivity index (χ0v) is 18.0. The monoisotopic (exact) mass is 400 g/mol. The molecular weight excluding hydrogens is 372 g/mol. The maximum absolute atomic E-state index is 4.78. The van der Waals surface area contributed by atoms with Gasteiger partial charge in [-0.1, -0.05) is 38.1 Å². The van der Waals surface area contributed by atoms with Crippen LogP contribution in [0.4, 0.5) is 17.5 Å². The van der Waals surface area contributed by atoms with Crippen LogP contribution in [0.3, 0.4) is 0 Å². The average Bonchev–Trinajstić information content (AvgIpc) is 3.15. The van der Waals surface area contributed by atoms with Crippen molar-refractivity contribution < 1.29 is 0 Å². The second kappa shape index (κ2) is 8.53. The van der Waals surface area contributed by atoms with Crippen LogP contribution in [-0.2, 0) is 0 Å². The molecule has 4 rings (SSSR count). The molecule has 30 heavy (non-hydrogen) atoms. The number of anilines is 3. The Bertz CT molecular complexity index is 1150. The van der Waals surface area contributed by atoms with Crippen LogP contribution >= 0.6 is 0 Å². The van der Waals surface area contributed by atoms with E-state index in [2.05, 4.69) is 61.6 Å². The van der Waals surface area contributed by atoms with E-state index in [9.17, 15) is 0 Å². The van der Waals surface area contributed by atoms with Crippen LogP contribution in [0.5, 0.6) is 0 Å². The Labute approximate surface area is 177 Å². The minimum Gasteiger partial charge on any atom is -0.354 e. The van der Waals surface area contributed by atoms with Crippen LogP contribution in [0.25, 0.3) is 16.7 Å². The summed E-state index contributed by atoms with van der Waals surface area (Å²) in [6, 6.07) is 16.4. The van der Waals surface area contributed by atoms with E-state index >= 15 is 0 Å². The van der Waals surface area contributed by atoms with Crippen molar-refractivity contribution in [3.05, 3.63) is 65.9 Å². The van der Waals surface area contributed by atoms with E-state index in [1.165, 1.54) is 11.1 Å². The van der Waals surface area contributed by atoms with Gasteiger partial charge in [0, 0.05) is 12.2 Å². The van der Waals surface area contributed by atoms with Crippen molar-refractivity contribution in [3.8, 4) is 5.69 Å². The minimum atomic E-state index is 0.604. The smallest absolute Gasteiger partial charge is 0.226 e. The Kier molecular flexibility index (Phi) is 5.65. The number of para-hydroxylation sites is 1. The van der Waals surface area contributed by atoms with Crippen LogP contribution in [0.2, 0.25) is 0 Å². The topological polar surface area (TPSA) is 67.7 Å². The molecule has 154 valence electrons. The molecule has 6 heteroatoms. The van der Waals surface area contributed by atoms with Crippen molar-refractivity contribution >= 4 is 28.5 Å². The van der Waals surface area contributed by atoms with E-state index in [4.69, 9.17) is 9.97 Å². The number of nitrogens with zero attached hydrogens (tertiary/aromatic N) is 4. The Balaban J connectivity index is 1.76. The molecule has 0 spiro atoms. The summed E-state index contributed by atoms with van der Waals surface area (Å²) in [5.74, 6) is 1.97. The number of nitrogens with one attached hydrogen (secondary N) is 2. The molecular formula is C24H28N6. The third-order valence-corrected chi connectivity index (χ3v) is 5.20. The second-order valence-electron chi connectivity index (χ2n) is 8.06. The lowest BCUT2D eigenvalue weighted by Gasteiger charge is -2.12. The summed E-state index contributed by atoms with van der Waals surface area (Å²) in [4.78, 5) is 9.55. The fourth-order valence-electron chi connectivity index (χ4n) is 3.27. The molecule has 0 radical (unpaired) electrons. The normalized spacial score (nSPS) is 11.2. The number of aryl methyl sites for hydroxylation is 2. The van der Waals surface area contributed by atoms with E-state index in [0.717, 1.165) is 41.2 Å². The molecule has 6 nitrogen and oxygen atoms in total. The molecule has 0 aliphatic rings. The van der Waals surface area contributed by atoms with Crippen LogP contribution < -0.4 is 10.6 Å². The number of rotatable bonds is 7. The van der Waals surface area contributed by atoms with Crippen molar-refractivity contribution in [2.75, 3.05) is 17.2 Å². The first-order valence-corrected chi connectivity index (χ1v) is 10.4. The number of fused-ring (bicyclic) bond motifs is 1. The van der Waals surface area contributed by atoms with E-state index < -0.39 is 0 Å². The van der Waals surface area contributed by atoms with Gasteiger partial charge in [0.1, 0.15) is 5.82 Å². The molecule has 0 saturated heterocycles. The van der Waals surface area contributed by atoms with Crippen molar-refractivity contribution in [2.45, 2.75) is 34.1 Å². The lowest BCUT2D eigenvalue weighted by atomic mass is 10.1. The highest BCUT2D eigenvalue weighted by Crippen LogP contribution is 2.27. The van der Waals surface area contributed by atoms with Gasteiger partial charge in [0.05, 0.1) is 17.3 Å². The fraction of sp³-hybridized carbons (Fsp3) is 0.292. The van der Waals surface area contributed by atoms with Gasteiger partial charge in [-0.25, -0.2) is 4.68 Å². The molecule has 0 fully saturated rings.